The maximum absolute atomic E-state index is 3.89. The topological polar surface area (TPSA) is 43.6 Å². The highest BCUT2D eigenvalue weighted by Crippen LogP contribution is 2.07. The maximum Gasteiger partial charge on any atom is 0.148 e. The molecular weight excluding hydrogens is 164 g/mol. The van der Waals surface area contributed by atoms with E-state index in [1.54, 1.807) is 0 Å². The van der Waals surface area contributed by atoms with Crippen LogP contribution in [0.5, 0.6) is 0 Å². The molecule has 0 unspecified atom stereocenters. The quantitative estimate of drug-likeness (QED) is 0.652. The summed E-state index contributed by atoms with van der Waals surface area (Å²) >= 11 is 0. The molecule has 0 atom stereocenters. The zero-order valence-corrected chi connectivity index (χ0v) is 8.69. The van der Waals surface area contributed by atoms with Gasteiger partial charge in [0.1, 0.15) is 5.82 Å². The molecule has 0 aliphatic carbocycles. The molecule has 13 heavy (non-hydrogen) atoms. The van der Waals surface area contributed by atoms with Crippen LogP contribution in [0.4, 0.5) is 0 Å². The summed E-state index contributed by atoms with van der Waals surface area (Å²) in [6.07, 6.45) is 3.72. The van der Waals surface area contributed by atoms with Crippen molar-refractivity contribution >= 4 is 0 Å². The van der Waals surface area contributed by atoms with Gasteiger partial charge in [-0.05, 0) is 29.7 Å². The number of hydrogen-bond donors (Lipinski definition) is 0. The summed E-state index contributed by atoms with van der Waals surface area (Å²) in [6.45, 7) is 7.39. The van der Waals surface area contributed by atoms with Gasteiger partial charge in [0.05, 0.1) is 0 Å². The Morgan fingerprint density at radius 1 is 1.31 bits per heavy atom. The lowest BCUT2D eigenvalue weighted by Gasteiger charge is -2.04. The Morgan fingerprint density at radius 3 is 2.62 bits per heavy atom. The first kappa shape index (κ1) is 10.2. The van der Waals surface area contributed by atoms with Crippen molar-refractivity contribution in [2.75, 3.05) is 0 Å². The van der Waals surface area contributed by atoms with E-state index < -0.39 is 0 Å². The third kappa shape index (κ3) is 3.53. The van der Waals surface area contributed by atoms with Crippen LogP contribution in [0.1, 0.15) is 38.9 Å². The van der Waals surface area contributed by atoms with Gasteiger partial charge >= 0.3 is 0 Å². The van der Waals surface area contributed by atoms with E-state index >= 15 is 0 Å². The highest BCUT2D eigenvalue weighted by molar-refractivity contribution is 4.72. The first-order valence-corrected chi connectivity index (χ1v) is 4.93. The Kier molecular flexibility index (Phi) is 3.86. The highest BCUT2D eigenvalue weighted by atomic mass is 15.5. The molecule has 0 bridgehead atoms. The Balaban J connectivity index is 2.17. The average molecular weight is 182 g/mol. The fourth-order valence-corrected chi connectivity index (χ4v) is 1.27. The molecule has 4 heteroatoms. The van der Waals surface area contributed by atoms with Gasteiger partial charge in [0, 0.05) is 6.54 Å². The van der Waals surface area contributed by atoms with Crippen LogP contribution in [-0.4, -0.2) is 20.2 Å². The van der Waals surface area contributed by atoms with Crippen LogP contribution in [0.3, 0.4) is 0 Å². The van der Waals surface area contributed by atoms with Crippen LogP contribution in [-0.2, 0) is 6.54 Å². The van der Waals surface area contributed by atoms with Crippen molar-refractivity contribution in [2.45, 2.75) is 46.6 Å². The number of nitrogens with zero attached hydrogens (tertiary/aromatic N) is 4. The molecule has 1 aromatic rings. The SMILES string of the molecule is Cc1nnnn1CCCCC(C)C. The highest BCUT2D eigenvalue weighted by Gasteiger charge is 1.99. The first-order chi connectivity index (χ1) is 6.20. The second kappa shape index (κ2) is 4.94. The second-order valence-electron chi connectivity index (χ2n) is 3.84. The van der Waals surface area contributed by atoms with Gasteiger partial charge in [-0.2, -0.15) is 0 Å². The standard InChI is InChI=1S/C9H18N4/c1-8(2)6-4-5-7-13-9(3)10-11-12-13/h8H,4-7H2,1-3H3. The van der Waals surface area contributed by atoms with E-state index in [1.165, 1.54) is 19.3 Å². The van der Waals surface area contributed by atoms with Gasteiger partial charge in [-0.1, -0.05) is 26.7 Å². The molecule has 0 spiro atoms. The summed E-state index contributed by atoms with van der Waals surface area (Å²) in [4.78, 5) is 0. The van der Waals surface area contributed by atoms with Crippen LogP contribution in [0.25, 0.3) is 0 Å². The molecule has 0 saturated carbocycles. The fraction of sp³-hybridized carbons (Fsp3) is 0.889. The minimum absolute atomic E-state index is 0.801. The van der Waals surface area contributed by atoms with Gasteiger partial charge < -0.3 is 0 Å². The molecule has 0 N–H and O–H groups in total. The van der Waals surface area contributed by atoms with Gasteiger partial charge in [0.25, 0.3) is 0 Å². The number of tetrazole rings is 1. The summed E-state index contributed by atoms with van der Waals surface area (Å²) in [7, 11) is 0. The summed E-state index contributed by atoms with van der Waals surface area (Å²) in [6, 6.07) is 0. The molecule has 0 amide bonds. The number of aromatic nitrogens is 4. The van der Waals surface area contributed by atoms with Gasteiger partial charge in [-0.25, -0.2) is 4.68 Å². The fourth-order valence-electron chi connectivity index (χ4n) is 1.27. The van der Waals surface area contributed by atoms with Crippen molar-refractivity contribution in [3.05, 3.63) is 5.82 Å². The molecule has 4 nitrogen and oxygen atoms in total. The molecule has 0 aliphatic heterocycles. The molecule has 0 saturated heterocycles. The predicted octanol–water partition coefficient (Wildman–Crippen LogP) is 1.81. The Hall–Kier alpha value is -0.930. The Bertz CT molecular complexity index is 242. The molecule has 1 aromatic heterocycles. The molecule has 74 valence electrons. The third-order valence-corrected chi connectivity index (χ3v) is 2.11. The Morgan fingerprint density at radius 2 is 2.08 bits per heavy atom. The van der Waals surface area contributed by atoms with Crippen molar-refractivity contribution in [1.82, 2.24) is 20.2 Å². The molecule has 0 aromatic carbocycles. The van der Waals surface area contributed by atoms with E-state index in [-0.39, 0.29) is 0 Å². The van der Waals surface area contributed by atoms with Crippen LogP contribution in [0.2, 0.25) is 0 Å². The van der Waals surface area contributed by atoms with E-state index in [0.29, 0.717) is 0 Å². The minimum Gasteiger partial charge on any atom is -0.230 e. The van der Waals surface area contributed by atoms with E-state index in [1.807, 2.05) is 11.6 Å². The maximum atomic E-state index is 3.89. The monoisotopic (exact) mass is 182 g/mol. The predicted molar refractivity (Wildman–Crippen MR) is 51.2 cm³/mol. The van der Waals surface area contributed by atoms with Crippen molar-refractivity contribution in [2.24, 2.45) is 5.92 Å². The molecular formula is C9H18N4. The summed E-state index contributed by atoms with van der Waals surface area (Å²) < 4.78 is 1.86. The lowest BCUT2D eigenvalue weighted by atomic mass is 10.1. The van der Waals surface area contributed by atoms with Gasteiger partial charge in [-0.3, -0.25) is 0 Å². The van der Waals surface area contributed by atoms with Crippen molar-refractivity contribution in [1.29, 1.82) is 0 Å². The number of hydrogen-bond acceptors (Lipinski definition) is 3. The lowest BCUT2D eigenvalue weighted by Crippen LogP contribution is -2.03. The molecule has 1 rings (SSSR count). The van der Waals surface area contributed by atoms with Crippen LogP contribution >= 0.6 is 0 Å². The largest absolute Gasteiger partial charge is 0.230 e. The van der Waals surface area contributed by atoms with Gasteiger partial charge in [0.15, 0.2) is 0 Å². The Labute approximate surface area is 79.3 Å². The van der Waals surface area contributed by atoms with Gasteiger partial charge in [-0.15, -0.1) is 5.10 Å². The molecule has 1 heterocycles. The summed E-state index contributed by atoms with van der Waals surface area (Å²) in [5, 5.41) is 11.3. The smallest absolute Gasteiger partial charge is 0.148 e. The van der Waals surface area contributed by atoms with Crippen LogP contribution < -0.4 is 0 Å². The van der Waals surface area contributed by atoms with Crippen molar-refractivity contribution in [3.63, 3.8) is 0 Å². The van der Waals surface area contributed by atoms with E-state index in [4.69, 9.17) is 0 Å². The summed E-state index contributed by atoms with van der Waals surface area (Å²) in [5.74, 6) is 1.71. The van der Waals surface area contributed by atoms with E-state index in [9.17, 15) is 0 Å². The number of aryl methyl sites for hydroxylation is 2. The number of unbranched alkanes of at least 4 members (excludes halogenated alkanes) is 1. The van der Waals surface area contributed by atoms with Crippen molar-refractivity contribution < 1.29 is 0 Å². The summed E-state index contributed by atoms with van der Waals surface area (Å²) in [5.41, 5.74) is 0. The lowest BCUT2D eigenvalue weighted by molar-refractivity contribution is 0.480. The van der Waals surface area contributed by atoms with E-state index in [2.05, 4.69) is 29.4 Å². The number of rotatable bonds is 5. The van der Waals surface area contributed by atoms with Crippen molar-refractivity contribution in [3.8, 4) is 0 Å². The molecule has 0 fully saturated rings. The van der Waals surface area contributed by atoms with Gasteiger partial charge in [0.2, 0.25) is 0 Å². The van der Waals surface area contributed by atoms with Crippen LogP contribution in [0, 0.1) is 12.8 Å². The van der Waals surface area contributed by atoms with Crippen LogP contribution in [0.15, 0.2) is 0 Å². The van der Waals surface area contributed by atoms with E-state index in [0.717, 1.165) is 18.3 Å². The zero-order chi connectivity index (χ0) is 9.68. The molecule has 0 aliphatic rings. The normalized spacial score (nSPS) is 11.1. The zero-order valence-electron chi connectivity index (χ0n) is 8.69. The average Bonchev–Trinajstić information content (AvgIpc) is 2.45. The molecule has 0 radical (unpaired) electrons. The minimum atomic E-state index is 0.801. The second-order valence-corrected chi connectivity index (χ2v) is 3.84. The first-order valence-electron chi connectivity index (χ1n) is 4.93. The third-order valence-electron chi connectivity index (χ3n) is 2.11.